The van der Waals surface area contributed by atoms with Gasteiger partial charge in [-0.15, -0.1) is 0 Å². The summed E-state index contributed by atoms with van der Waals surface area (Å²) in [6.45, 7) is 0. The van der Waals surface area contributed by atoms with Gasteiger partial charge in [-0.3, -0.25) is 8.77 Å². The summed E-state index contributed by atoms with van der Waals surface area (Å²) in [5, 5.41) is 0.710. The molecule has 0 aliphatic rings. The van der Waals surface area contributed by atoms with E-state index in [2.05, 4.69) is 0 Å². The van der Waals surface area contributed by atoms with Gasteiger partial charge in [0, 0.05) is 23.4 Å². The highest BCUT2D eigenvalue weighted by molar-refractivity contribution is 7.97. The minimum absolute atomic E-state index is 0.0271. The van der Waals surface area contributed by atoms with Crippen molar-refractivity contribution in [3.8, 4) is 0 Å². The first-order chi connectivity index (χ1) is 9.74. The van der Waals surface area contributed by atoms with E-state index in [0.29, 0.717) is 11.1 Å². The first kappa shape index (κ1) is 12.9. The summed E-state index contributed by atoms with van der Waals surface area (Å²) < 4.78 is 14.8. The topological polar surface area (TPSA) is 22.0 Å². The minimum Gasteiger partial charge on any atom is -0.291 e. The molecule has 0 amide bonds. The van der Waals surface area contributed by atoms with Gasteiger partial charge in [-0.05, 0) is 41.8 Å². The van der Waals surface area contributed by atoms with E-state index in [-0.39, 0.29) is 11.2 Å². The smallest absolute Gasteiger partial charge is 0.189 e. The fraction of sp³-hybridized carbons (Fsp3) is 0.0625. The number of hydrogen-bond acceptors (Lipinski definition) is 2. The number of nitrogens with zero attached hydrogens (tertiary/aromatic N) is 1. The highest BCUT2D eigenvalue weighted by Crippen LogP contribution is 2.20. The van der Waals surface area contributed by atoms with Gasteiger partial charge in [-0.2, -0.15) is 0 Å². The van der Waals surface area contributed by atoms with Crippen molar-refractivity contribution in [2.24, 2.45) is 0 Å². The van der Waals surface area contributed by atoms with Crippen LogP contribution in [-0.2, 0) is 5.75 Å². The van der Waals surface area contributed by atoms with Crippen LogP contribution in [0.5, 0.6) is 0 Å². The predicted molar refractivity (Wildman–Crippen MR) is 81.3 cm³/mol. The Hall–Kier alpha value is -2.07. The molecule has 0 atom stereocenters. The summed E-state index contributed by atoms with van der Waals surface area (Å²) in [5.74, 6) is 0.486. The molecular weight excluding hydrogens is 273 g/mol. The molecule has 4 heteroatoms. The number of rotatable bonds is 3. The maximum Gasteiger partial charge on any atom is 0.189 e. The second-order valence-electron chi connectivity index (χ2n) is 4.42. The molecule has 0 aliphatic heterocycles. The molecule has 0 radical (unpaired) electrons. The van der Waals surface area contributed by atoms with Crippen molar-refractivity contribution in [1.29, 1.82) is 0 Å². The van der Waals surface area contributed by atoms with E-state index in [1.165, 1.54) is 12.1 Å². The SMILES string of the molecule is O=c1ccn(SCc2ccc(F)cc2)c2ccccc12. The summed E-state index contributed by atoms with van der Waals surface area (Å²) in [6.07, 6.45) is 1.78. The Morgan fingerprint density at radius 3 is 2.55 bits per heavy atom. The Morgan fingerprint density at radius 2 is 1.75 bits per heavy atom. The molecule has 0 bridgehead atoms. The van der Waals surface area contributed by atoms with Crippen molar-refractivity contribution in [2.75, 3.05) is 0 Å². The van der Waals surface area contributed by atoms with E-state index in [1.807, 2.05) is 28.2 Å². The molecule has 2 aromatic carbocycles. The lowest BCUT2D eigenvalue weighted by Crippen LogP contribution is -2.04. The van der Waals surface area contributed by atoms with Crippen LogP contribution < -0.4 is 5.43 Å². The number of aromatic nitrogens is 1. The first-order valence-electron chi connectivity index (χ1n) is 6.22. The van der Waals surface area contributed by atoms with E-state index in [9.17, 15) is 9.18 Å². The van der Waals surface area contributed by atoms with Gasteiger partial charge in [-0.1, -0.05) is 24.3 Å². The molecule has 0 saturated heterocycles. The summed E-state index contributed by atoms with van der Waals surface area (Å²) in [4.78, 5) is 11.8. The van der Waals surface area contributed by atoms with Crippen molar-refractivity contribution >= 4 is 22.9 Å². The molecule has 3 aromatic rings. The fourth-order valence-corrected chi connectivity index (χ4v) is 2.94. The third-order valence-electron chi connectivity index (χ3n) is 3.05. The van der Waals surface area contributed by atoms with Crippen LogP contribution in [0.4, 0.5) is 4.39 Å². The predicted octanol–water partition coefficient (Wildman–Crippen LogP) is 3.84. The second kappa shape index (κ2) is 5.51. The molecule has 0 unspecified atom stereocenters. The standard InChI is InChI=1S/C16H12FNOS/c17-13-7-5-12(6-8-13)11-20-18-10-9-16(19)14-3-1-2-4-15(14)18/h1-10H,11H2. The lowest BCUT2D eigenvalue weighted by Gasteiger charge is -2.09. The van der Waals surface area contributed by atoms with E-state index in [0.717, 1.165) is 11.1 Å². The first-order valence-corrected chi connectivity index (χ1v) is 7.16. The number of hydrogen-bond donors (Lipinski definition) is 0. The zero-order chi connectivity index (χ0) is 13.9. The van der Waals surface area contributed by atoms with Crippen molar-refractivity contribution in [3.05, 3.63) is 82.4 Å². The monoisotopic (exact) mass is 285 g/mol. The summed E-state index contributed by atoms with van der Waals surface area (Å²) in [5.41, 5.74) is 1.96. The number of halogens is 1. The third-order valence-corrected chi connectivity index (χ3v) is 4.11. The van der Waals surface area contributed by atoms with Crippen LogP contribution in [0.15, 0.2) is 65.6 Å². The van der Waals surface area contributed by atoms with Gasteiger partial charge in [-0.25, -0.2) is 4.39 Å². The van der Waals surface area contributed by atoms with Gasteiger partial charge in [0.1, 0.15) is 5.82 Å². The normalized spacial score (nSPS) is 10.8. The van der Waals surface area contributed by atoms with E-state index >= 15 is 0 Å². The van der Waals surface area contributed by atoms with Crippen LogP contribution in [0.1, 0.15) is 5.56 Å². The van der Waals surface area contributed by atoms with Gasteiger partial charge >= 0.3 is 0 Å². The van der Waals surface area contributed by atoms with Crippen LogP contribution in [0.3, 0.4) is 0 Å². The van der Waals surface area contributed by atoms with Gasteiger partial charge in [0.2, 0.25) is 0 Å². The molecular formula is C16H12FNOS. The van der Waals surface area contributed by atoms with Gasteiger partial charge in [0.15, 0.2) is 5.43 Å². The van der Waals surface area contributed by atoms with Crippen LogP contribution in [-0.4, -0.2) is 3.97 Å². The number of benzene rings is 2. The van der Waals surface area contributed by atoms with Crippen LogP contribution in [0, 0.1) is 5.82 Å². The quantitative estimate of drug-likeness (QED) is 0.729. The Kier molecular flexibility index (Phi) is 3.56. The Bertz CT molecular complexity index is 795. The molecule has 0 aliphatic carbocycles. The van der Waals surface area contributed by atoms with Crippen molar-refractivity contribution < 1.29 is 4.39 Å². The fourth-order valence-electron chi connectivity index (χ4n) is 2.02. The molecule has 2 nitrogen and oxygen atoms in total. The molecule has 100 valence electrons. The molecule has 0 N–H and O–H groups in total. The molecule has 1 aromatic heterocycles. The van der Waals surface area contributed by atoms with Crippen LogP contribution >= 0.6 is 11.9 Å². The van der Waals surface area contributed by atoms with Crippen LogP contribution in [0.25, 0.3) is 10.9 Å². The lowest BCUT2D eigenvalue weighted by molar-refractivity contribution is 0.627. The average molecular weight is 285 g/mol. The van der Waals surface area contributed by atoms with Gasteiger partial charge in [0.05, 0.1) is 5.52 Å². The average Bonchev–Trinajstić information content (AvgIpc) is 2.49. The maximum atomic E-state index is 12.9. The lowest BCUT2D eigenvalue weighted by atomic mass is 10.2. The van der Waals surface area contributed by atoms with E-state index < -0.39 is 0 Å². The minimum atomic E-state index is -0.229. The van der Waals surface area contributed by atoms with E-state index in [1.54, 1.807) is 36.3 Å². The molecule has 1 heterocycles. The van der Waals surface area contributed by atoms with E-state index in [4.69, 9.17) is 0 Å². The molecule has 20 heavy (non-hydrogen) atoms. The number of para-hydroxylation sites is 1. The van der Waals surface area contributed by atoms with Crippen molar-refractivity contribution in [1.82, 2.24) is 3.97 Å². The second-order valence-corrected chi connectivity index (χ2v) is 5.36. The number of fused-ring (bicyclic) bond motifs is 1. The largest absolute Gasteiger partial charge is 0.291 e. The summed E-state index contributed by atoms with van der Waals surface area (Å²) in [6, 6.07) is 15.6. The van der Waals surface area contributed by atoms with Gasteiger partial charge < -0.3 is 0 Å². The highest BCUT2D eigenvalue weighted by atomic mass is 32.2. The number of pyridine rings is 1. The molecule has 0 spiro atoms. The van der Waals surface area contributed by atoms with Crippen molar-refractivity contribution in [2.45, 2.75) is 5.75 Å². The zero-order valence-corrected chi connectivity index (χ0v) is 11.4. The highest BCUT2D eigenvalue weighted by Gasteiger charge is 2.03. The summed E-state index contributed by atoms with van der Waals surface area (Å²) >= 11 is 1.57. The Balaban J connectivity index is 1.90. The summed E-state index contributed by atoms with van der Waals surface area (Å²) in [7, 11) is 0. The van der Waals surface area contributed by atoms with Crippen molar-refractivity contribution in [3.63, 3.8) is 0 Å². The third kappa shape index (κ3) is 2.60. The maximum absolute atomic E-state index is 12.9. The molecule has 0 fully saturated rings. The Morgan fingerprint density at radius 1 is 1.00 bits per heavy atom. The molecule has 3 rings (SSSR count). The molecule has 0 saturated carbocycles. The zero-order valence-electron chi connectivity index (χ0n) is 10.6. The Labute approximate surface area is 120 Å². The van der Waals surface area contributed by atoms with Crippen LogP contribution in [0.2, 0.25) is 0 Å². The van der Waals surface area contributed by atoms with Gasteiger partial charge in [0.25, 0.3) is 0 Å².